The summed E-state index contributed by atoms with van der Waals surface area (Å²) in [5.41, 5.74) is 0. The number of piperidine rings is 1. The van der Waals surface area contributed by atoms with E-state index >= 15 is 0 Å². The van der Waals surface area contributed by atoms with Gasteiger partial charge in [-0.3, -0.25) is 0 Å². The molecule has 0 saturated carbocycles. The molecule has 2 saturated heterocycles. The Morgan fingerprint density at radius 2 is 1.79 bits per heavy atom. The second-order valence-electron chi connectivity index (χ2n) is 7.43. The standard InChI is InChI=1S/C20H24N6OS/c27-15-4-3-9-26(14-15)18-7-8-21-20(22-18)25-12-10-24(11-13-25)19-16-5-1-2-6-17(16)28-23-19/h1-2,5-8,15,27H,3-4,9-14H2. The third-order valence-electron chi connectivity index (χ3n) is 5.57. The van der Waals surface area contributed by atoms with Crippen molar-refractivity contribution in [1.29, 1.82) is 0 Å². The third-order valence-corrected chi connectivity index (χ3v) is 6.39. The Morgan fingerprint density at radius 3 is 2.64 bits per heavy atom. The molecule has 0 radical (unpaired) electrons. The summed E-state index contributed by atoms with van der Waals surface area (Å²) in [7, 11) is 0. The lowest BCUT2D eigenvalue weighted by atomic mass is 10.1. The molecule has 2 aromatic heterocycles. The molecule has 8 heteroatoms. The van der Waals surface area contributed by atoms with Crippen LogP contribution in [0.1, 0.15) is 12.8 Å². The minimum Gasteiger partial charge on any atom is -0.391 e. The molecule has 3 aromatic rings. The summed E-state index contributed by atoms with van der Waals surface area (Å²) in [6, 6.07) is 10.4. The molecule has 0 aliphatic carbocycles. The molecular weight excluding hydrogens is 372 g/mol. The van der Waals surface area contributed by atoms with E-state index in [2.05, 4.69) is 48.3 Å². The van der Waals surface area contributed by atoms with Crippen molar-refractivity contribution in [1.82, 2.24) is 14.3 Å². The Bertz CT molecular complexity index is 955. The van der Waals surface area contributed by atoms with E-state index in [0.29, 0.717) is 6.54 Å². The quantitative estimate of drug-likeness (QED) is 0.729. The van der Waals surface area contributed by atoms with Gasteiger partial charge >= 0.3 is 0 Å². The Hall–Kier alpha value is -2.45. The van der Waals surface area contributed by atoms with E-state index in [9.17, 15) is 5.11 Å². The summed E-state index contributed by atoms with van der Waals surface area (Å²) in [6.07, 6.45) is 3.45. The largest absolute Gasteiger partial charge is 0.391 e. The molecule has 4 heterocycles. The van der Waals surface area contributed by atoms with Crippen molar-refractivity contribution >= 4 is 39.2 Å². The lowest BCUT2D eigenvalue weighted by molar-refractivity contribution is 0.154. The monoisotopic (exact) mass is 396 g/mol. The first kappa shape index (κ1) is 17.6. The SMILES string of the molecule is OC1CCCN(c2ccnc(N3CCN(c4nsc5ccccc45)CC3)n2)C1. The van der Waals surface area contributed by atoms with Crippen LogP contribution >= 0.6 is 11.5 Å². The fraction of sp³-hybridized carbons (Fsp3) is 0.450. The van der Waals surface area contributed by atoms with Gasteiger partial charge in [-0.25, -0.2) is 4.98 Å². The van der Waals surface area contributed by atoms with E-state index in [1.807, 2.05) is 12.3 Å². The summed E-state index contributed by atoms with van der Waals surface area (Å²) in [5.74, 6) is 2.79. The summed E-state index contributed by atoms with van der Waals surface area (Å²) in [4.78, 5) is 16.1. The van der Waals surface area contributed by atoms with E-state index in [0.717, 1.165) is 63.1 Å². The molecule has 2 aliphatic rings. The highest BCUT2D eigenvalue weighted by atomic mass is 32.1. The van der Waals surface area contributed by atoms with Crippen LogP contribution in [-0.4, -0.2) is 64.8 Å². The van der Waals surface area contributed by atoms with E-state index in [-0.39, 0.29) is 6.10 Å². The first-order valence-corrected chi connectivity index (χ1v) is 10.7. The highest BCUT2D eigenvalue weighted by Gasteiger charge is 2.24. The van der Waals surface area contributed by atoms with Gasteiger partial charge in [-0.05, 0) is 42.6 Å². The van der Waals surface area contributed by atoms with Gasteiger partial charge in [-0.1, -0.05) is 12.1 Å². The zero-order valence-electron chi connectivity index (χ0n) is 15.7. The summed E-state index contributed by atoms with van der Waals surface area (Å²) >= 11 is 1.57. The second kappa shape index (κ2) is 7.52. The Labute approximate surface area is 168 Å². The number of hydrogen-bond acceptors (Lipinski definition) is 8. The molecule has 0 bridgehead atoms. The third kappa shape index (κ3) is 3.38. The highest BCUT2D eigenvalue weighted by Crippen LogP contribution is 2.30. The summed E-state index contributed by atoms with van der Waals surface area (Å²) < 4.78 is 5.92. The predicted molar refractivity (Wildman–Crippen MR) is 114 cm³/mol. The van der Waals surface area contributed by atoms with Gasteiger partial charge in [0, 0.05) is 50.9 Å². The molecule has 1 aromatic carbocycles. The number of aliphatic hydroxyl groups is 1. The van der Waals surface area contributed by atoms with Gasteiger partial charge in [0.05, 0.1) is 10.8 Å². The van der Waals surface area contributed by atoms with E-state index in [1.165, 1.54) is 10.1 Å². The van der Waals surface area contributed by atoms with Crippen LogP contribution in [0, 0.1) is 0 Å². The number of β-amino-alcohol motifs (C(OH)–C–C–N with tert-alkyl or cyclic N) is 1. The van der Waals surface area contributed by atoms with Crippen LogP contribution in [0.2, 0.25) is 0 Å². The van der Waals surface area contributed by atoms with Gasteiger partial charge in [-0.15, -0.1) is 0 Å². The van der Waals surface area contributed by atoms with Gasteiger partial charge in [0.2, 0.25) is 5.95 Å². The smallest absolute Gasteiger partial charge is 0.227 e. The molecule has 28 heavy (non-hydrogen) atoms. The molecule has 5 rings (SSSR count). The maximum absolute atomic E-state index is 9.95. The zero-order valence-corrected chi connectivity index (χ0v) is 16.6. The second-order valence-corrected chi connectivity index (χ2v) is 8.24. The van der Waals surface area contributed by atoms with Crippen LogP contribution < -0.4 is 14.7 Å². The first-order valence-electron chi connectivity index (χ1n) is 9.88. The molecule has 2 fully saturated rings. The molecule has 1 N–H and O–H groups in total. The fourth-order valence-corrected chi connectivity index (χ4v) is 4.85. The van der Waals surface area contributed by atoms with Crippen molar-refractivity contribution in [2.24, 2.45) is 0 Å². The van der Waals surface area contributed by atoms with E-state index < -0.39 is 0 Å². The molecule has 1 unspecified atom stereocenters. The average molecular weight is 397 g/mol. The lowest BCUT2D eigenvalue weighted by Gasteiger charge is -2.36. The zero-order chi connectivity index (χ0) is 18.9. The van der Waals surface area contributed by atoms with Gasteiger partial charge in [0.15, 0.2) is 0 Å². The highest BCUT2D eigenvalue weighted by molar-refractivity contribution is 7.13. The van der Waals surface area contributed by atoms with Crippen molar-refractivity contribution < 1.29 is 5.11 Å². The van der Waals surface area contributed by atoms with Gasteiger partial charge in [0.1, 0.15) is 11.6 Å². The fourth-order valence-electron chi connectivity index (χ4n) is 4.05. The van der Waals surface area contributed by atoms with Crippen LogP contribution in [0.5, 0.6) is 0 Å². The molecule has 7 nitrogen and oxygen atoms in total. The van der Waals surface area contributed by atoms with Crippen LogP contribution in [0.3, 0.4) is 0 Å². The number of nitrogens with zero attached hydrogens (tertiary/aromatic N) is 6. The predicted octanol–water partition coefficient (Wildman–Crippen LogP) is 2.37. The molecule has 146 valence electrons. The molecule has 2 aliphatic heterocycles. The summed E-state index contributed by atoms with van der Waals surface area (Å²) in [5, 5.41) is 11.2. The molecule has 1 atom stereocenters. The number of aliphatic hydroxyl groups excluding tert-OH is 1. The normalized spacial score (nSPS) is 20.8. The van der Waals surface area contributed by atoms with Crippen LogP contribution in [-0.2, 0) is 0 Å². The molecular formula is C20H24N6OS. The van der Waals surface area contributed by atoms with Gasteiger partial charge < -0.3 is 19.8 Å². The minimum absolute atomic E-state index is 0.261. The maximum Gasteiger partial charge on any atom is 0.227 e. The topological polar surface area (TPSA) is 68.6 Å². The van der Waals surface area contributed by atoms with Gasteiger partial charge in [0.25, 0.3) is 0 Å². The number of aromatic nitrogens is 3. The number of anilines is 3. The molecule has 0 amide bonds. The van der Waals surface area contributed by atoms with Crippen molar-refractivity contribution in [2.75, 3.05) is 54.0 Å². The maximum atomic E-state index is 9.95. The van der Waals surface area contributed by atoms with Crippen LogP contribution in [0.15, 0.2) is 36.5 Å². The number of benzene rings is 1. The average Bonchev–Trinajstić information content (AvgIpc) is 3.18. The van der Waals surface area contributed by atoms with Crippen molar-refractivity contribution in [2.45, 2.75) is 18.9 Å². The van der Waals surface area contributed by atoms with E-state index in [4.69, 9.17) is 4.98 Å². The lowest BCUT2D eigenvalue weighted by Crippen LogP contribution is -2.47. The van der Waals surface area contributed by atoms with Crippen molar-refractivity contribution in [3.8, 4) is 0 Å². The number of piperazine rings is 1. The minimum atomic E-state index is -0.261. The summed E-state index contributed by atoms with van der Waals surface area (Å²) in [6.45, 7) is 5.16. The number of fused-ring (bicyclic) bond motifs is 1. The van der Waals surface area contributed by atoms with Crippen LogP contribution in [0.4, 0.5) is 17.6 Å². The van der Waals surface area contributed by atoms with Crippen LogP contribution in [0.25, 0.3) is 10.1 Å². The first-order chi connectivity index (χ1) is 13.8. The van der Waals surface area contributed by atoms with Crippen molar-refractivity contribution in [3.63, 3.8) is 0 Å². The number of hydrogen-bond donors (Lipinski definition) is 1. The Balaban J connectivity index is 1.28. The molecule has 0 spiro atoms. The van der Waals surface area contributed by atoms with Gasteiger partial charge in [-0.2, -0.15) is 9.36 Å². The Morgan fingerprint density at radius 1 is 0.964 bits per heavy atom. The number of rotatable bonds is 3. The Kier molecular flexibility index (Phi) is 4.74. The van der Waals surface area contributed by atoms with Crippen molar-refractivity contribution in [3.05, 3.63) is 36.5 Å². The van der Waals surface area contributed by atoms with E-state index in [1.54, 1.807) is 11.5 Å².